The molecule has 242 valence electrons. The number of furan rings is 2. The number of hydrogen-bond donors (Lipinski definition) is 0. The normalized spacial score (nSPS) is 12.2. The lowest BCUT2D eigenvalue weighted by Gasteiger charge is -2.10. The van der Waals surface area contributed by atoms with Gasteiger partial charge in [0.15, 0.2) is 0 Å². The molecule has 0 fully saturated rings. The van der Waals surface area contributed by atoms with Gasteiger partial charge in [-0.3, -0.25) is 0 Å². The summed E-state index contributed by atoms with van der Waals surface area (Å²) in [4.78, 5) is 0. The summed E-state index contributed by atoms with van der Waals surface area (Å²) in [6, 6.07) is 60.6. The maximum atomic E-state index is 6.53. The third-order valence-electron chi connectivity index (χ3n) is 10.9. The molecule has 12 rings (SSSR count). The molecule has 4 nitrogen and oxygen atoms in total. The zero-order valence-corrected chi connectivity index (χ0v) is 27.9. The third-order valence-corrected chi connectivity index (χ3v) is 10.9. The Morgan fingerprint density at radius 3 is 1.71 bits per heavy atom. The second-order valence-corrected chi connectivity index (χ2v) is 13.7. The van der Waals surface area contributed by atoms with E-state index < -0.39 is 0 Å². The first-order valence-corrected chi connectivity index (χ1v) is 17.7. The predicted octanol–water partition coefficient (Wildman–Crippen LogP) is 13.3. The summed E-state index contributed by atoms with van der Waals surface area (Å²) < 4.78 is 17.6. The Morgan fingerprint density at radius 2 is 0.904 bits per heavy atom. The Morgan fingerprint density at radius 1 is 0.308 bits per heavy atom. The van der Waals surface area contributed by atoms with Gasteiger partial charge in [-0.15, -0.1) is 0 Å². The van der Waals surface area contributed by atoms with E-state index in [1.807, 2.05) is 12.1 Å². The Hall–Kier alpha value is -7.04. The number of rotatable bonds is 3. The third kappa shape index (κ3) is 3.75. The van der Waals surface area contributed by atoms with Crippen molar-refractivity contribution in [2.24, 2.45) is 0 Å². The predicted molar refractivity (Wildman–Crippen MR) is 215 cm³/mol. The van der Waals surface area contributed by atoms with Crippen LogP contribution in [0.15, 0.2) is 179 Å². The lowest BCUT2D eigenvalue weighted by atomic mass is 10.00. The zero-order chi connectivity index (χ0) is 33.9. The summed E-state index contributed by atoms with van der Waals surface area (Å²) in [5.74, 6) is 0. The van der Waals surface area contributed by atoms with Gasteiger partial charge in [0, 0.05) is 49.5 Å². The zero-order valence-electron chi connectivity index (χ0n) is 27.9. The molecule has 0 amide bonds. The second kappa shape index (κ2) is 10.3. The van der Waals surface area contributed by atoms with Crippen LogP contribution in [0.1, 0.15) is 0 Å². The smallest absolute Gasteiger partial charge is 0.137 e. The van der Waals surface area contributed by atoms with Crippen LogP contribution < -0.4 is 0 Å². The number of nitrogens with zero attached hydrogens (tertiary/aromatic N) is 2. The van der Waals surface area contributed by atoms with Gasteiger partial charge in [0.05, 0.1) is 33.1 Å². The van der Waals surface area contributed by atoms with Crippen LogP contribution in [0.3, 0.4) is 0 Å². The van der Waals surface area contributed by atoms with Gasteiger partial charge >= 0.3 is 0 Å². The maximum Gasteiger partial charge on any atom is 0.137 e. The molecular formula is C48H28N2O2. The van der Waals surface area contributed by atoms with Crippen LogP contribution in [0.4, 0.5) is 0 Å². The van der Waals surface area contributed by atoms with Gasteiger partial charge in [-0.25, -0.2) is 0 Å². The van der Waals surface area contributed by atoms with Crippen molar-refractivity contribution in [1.29, 1.82) is 0 Å². The topological polar surface area (TPSA) is 36.1 Å². The van der Waals surface area contributed by atoms with Crippen LogP contribution in [0.5, 0.6) is 0 Å². The number of hydrogen-bond acceptors (Lipinski definition) is 2. The van der Waals surface area contributed by atoms with Crippen molar-refractivity contribution in [2.45, 2.75) is 0 Å². The van der Waals surface area contributed by atoms with Gasteiger partial charge in [-0.1, -0.05) is 91.0 Å². The highest BCUT2D eigenvalue weighted by molar-refractivity contribution is 6.19. The van der Waals surface area contributed by atoms with Crippen molar-refractivity contribution in [2.75, 3.05) is 0 Å². The van der Waals surface area contributed by atoms with Crippen molar-refractivity contribution in [3.63, 3.8) is 0 Å². The number of para-hydroxylation sites is 4. The molecule has 4 heterocycles. The van der Waals surface area contributed by atoms with E-state index in [1.54, 1.807) is 0 Å². The van der Waals surface area contributed by atoms with Gasteiger partial charge in [-0.05, 0) is 83.9 Å². The summed E-state index contributed by atoms with van der Waals surface area (Å²) in [6.45, 7) is 0. The standard InChI is InChI=1S/C48H28N2O2/c1-2-11-31(12-3-1)49-41-23-21-29(25-35(41)36-27-37-34-15-6-9-19-44(34)52-47(37)28-43(36)49)30-22-24-45-38(26-30)48-42(18-10-20-46(48)51-45)50-39-16-7-4-13-32(39)33-14-5-8-17-40(33)50/h1-28H. The lowest BCUT2D eigenvalue weighted by molar-refractivity contribution is 0.668. The highest BCUT2D eigenvalue weighted by Crippen LogP contribution is 2.42. The van der Waals surface area contributed by atoms with Crippen LogP contribution in [0, 0.1) is 0 Å². The summed E-state index contributed by atoms with van der Waals surface area (Å²) >= 11 is 0. The molecule has 12 aromatic rings. The minimum atomic E-state index is 0.878. The average molecular weight is 665 g/mol. The van der Waals surface area contributed by atoms with E-state index in [4.69, 9.17) is 8.83 Å². The van der Waals surface area contributed by atoms with Crippen molar-refractivity contribution in [1.82, 2.24) is 9.13 Å². The molecule has 52 heavy (non-hydrogen) atoms. The fourth-order valence-electron chi connectivity index (χ4n) is 8.63. The number of benzene rings is 8. The minimum absolute atomic E-state index is 0.878. The Labute approximate surface area is 296 Å². The molecule has 0 aliphatic heterocycles. The van der Waals surface area contributed by atoms with Gasteiger partial charge in [0.2, 0.25) is 0 Å². The van der Waals surface area contributed by atoms with Crippen molar-refractivity contribution >= 4 is 87.5 Å². The molecule has 8 aromatic carbocycles. The molecular weight excluding hydrogens is 637 g/mol. The SMILES string of the molecule is c1ccc(-n2c3ccc(-c4ccc5oc6cccc(-n7c8ccccc8c8ccccc87)c6c5c4)cc3c3cc4c(cc32)oc2ccccc24)cc1. The van der Waals surface area contributed by atoms with E-state index in [1.165, 1.54) is 32.6 Å². The van der Waals surface area contributed by atoms with Crippen LogP contribution in [-0.4, -0.2) is 9.13 Å². The maximum absolute atomic E-state index is 6.53. The molecule has 0 radical (unpaired) electrons. The Balaban J connectivity index is 1.11. The molecule has 0 bridgehead atoms. The van der Waals surface area contributed by atoms with Crippen LogP contribution in [-0.2, 0) is 0 Å². The van der Waals surface area contributed by atoms with Crippen molar-refractivity contribution in [3.8, 4) is 22.5 Å². The molecule has 0 unspecified atom stereocenters. The summed E-state index contributed by atoms with van der Waals surface area (Å²) in [5.41, 5.74) is 12.7. The molecule has 4 aromatic heterocycles. The summed E-state index contributed by atoms with van der Waals surface area (Å²) in [5, 5.41) is 9.36. The van der Waals surface area contributed by atoms with E-state index >= 15 is 0 Å². The van der Waals surface area contributed by atoms with E-state index in [9.17, 15) is 0 Å². The molecule has 0 aliphatic rings. The fourth-order valence-corrected chi connectivity index (χ4v) is 8.63. The van der Waals surface area contributed by atoms with E-state index in [0.717, 1.165) is 77.4 Å². The van der Waals surface area contributed by atoms with Gasteiger partial charge in [-0.2, -0.15) is 0 Å². The van der Waals surface area contributed by atoms with E-state index in [2.05, 4.69) is 167 Å². The molecule has 0 atom stereocenters. The first-order valence-electron chi connectivity index (χ1n) is 17.7. The van der Waals surface area contributed by atoms with Crippen LogP contribution >= 0.6 is 0 Å². The second-order valence-electron chi connectivity index (χ2n) is 13.7. The molecule has 0 aliphatic carbocycles. The Bertz CT molecular complexity index is 3360. The first-order chi connectivity index (χ1) is 25.8. The van der Waals surface area contributed by atoms with Crippen molar-refractivity contribution in [3.05, 3.63) is 170 Å². The van der Waals surface area contributed by atoms with Crippen molar-refractivity contribution < 1.29 is 8.83 Å². The number of fused-ring (bicyclic) bond motifs is 12. The quantitative estimate of drug-likeness (QED) is 0.188. The van der Waals surface area contributed by atoms with Gasteiger partial charge < -0.3 is 18.0 Å². The van der Waals surface area contributed by atoms with E-state index in [0.29, 0.717) is 0 Å². The summed E-state index contributed by atoms with van der Waals surface area (Å²) in [6.07, 6.45) is 0. The Kier molecular flexibility index (Phi) is 5.47. The molecule has 0 saturated carbocycles. The highest BCUT2D eigenvalue weighted by Gasteiger charge is 2.20. The monoisotopic (exact) mass is 664 g/mol. The van der Waals surface area contributed by atoms with E-state index in [-0.39, 0.29) is 0 Å². The van der Waals surface area contributed by atoms with Gasteiger partial charge in [0.1, 0.15) is 22.3 Å². The lowest BCUT2D eigenvalue weighted by Crippen LogP contribution is -1.94. The molecule has 0 saturated heterocycles. The molecule has 0 N–H and O–H groups in total. The number of aromatic nitrogens is 2. The summed E-state index contributed by atoms with van der Waals surface area (Å²) in [7, 11) is 0. The van der Waals surface area contributed by atoms with Crippen LogP contribution in [0.2, 0.25) is 0 Å². The minimum Gasteiger partial charge on any atom is -0.456 e. The largest absolute Gasteiger partial charge is 0.456 e. The van der Waals surface area contributed by atoms with Crippen LogP contribution in [0.25, 0.3) is 110 Å². The highest BCUT2D eigenvalue weighted by atomic mass is 16.3. The molecule has 4 heteroatoms. The van der Waals surface area contributed by atoms with Gasteiger partial charge in [0.25, 0.3) is 0 Å². The first kappa shape index (κ1) is 27.7. The fraction of sp³-hybridized carbons (Fsp3) is 0. The average Bonchev–Trinajstić information content (AvgIpc) is 3.94. The molecule has 0 spiro atoms.